The van der Waals surface area contributed by atoms with Crippen molar-refractivity contribution in [3.8, 4) is 5.75 Å². The number of amides is 1. The maximum atomic E-state index is 13.2. The van der Waals surface area contributed by atoms with Crippen LogP contribution in [0.25, 0.3) is 0 Å². The van der Waals surface area contributed by atoms with E-state index in [1.807, 2.05) is 18.7 Å². The smallest absolute Gasteiger partial charge is 0.243 e. The van der Waals surface area contributed by atoms with Gasteiger partial charge in [0.25, 0.3) is 0 Å². The van der Waals surface area contributed by atoms with Gasteiger partial charge in [-0.2, -0.15) is 4.31 Å². The van der Waals surface area contributed by atoms with Crippen molar-refractivity contribution >= 4 is 15.9 Å². The third kappa shape index (κ3) is 3.04. The zero-order valence-corrected chi connectivity index (χ0v) is 16.0. The van der Waals surface area contributed by atoms with Gasteiger partial charge in [0.1, 0.15) is 11.8 Å². The highest BCUT2D eigenvalue weighted by atomic mass is 32.2. The van der Waals surface area contributed by atoms with Crippen LogP contribution in [0.2, 0.25) is 0 Å². The van der Waals surface area contributed by atoms with Gasteiger partial charge in [-0.05, 0) is 49.4 Å². The molecule has 0 unspecified atom stereocenters. The van der Waals surface area contributed by atoms with Gasteiger partial charge in [0, 0.05) is 19.1 Å². The molecule has 0 aliphatic carbocycles. The molecular formula is C18H26N2O4S. The number of methoxy groups -OCH3 is 1. The number of ether oxygens (including phenoxy) is 1. The van der Waals surface area contributed by atoms with Gasteiger partial charge in [-0.3, -0.25) is 4.79 Å². The molecule has 0 spiro atoms. The number of benzene rings is 1. The highest BCUT2D eigenvalue weighted by Crippen LogP contribution is 2.33. The minimum Gasteiger partial charge on any atom is -0.496 e. The molecule has 2 fully saturated rings. The van der Waals surface area contributed by atoms with Crippen LogP contribution in [0.3, 0.4) is 0 Å². The number of carbonyl (C=O) groups is 1. The summed E-state index contributed by atoms with van der Waals surface area (Å²) in [6.45, 7) is 6.79. The lowest BCUT2D eigenvalue weighted by molar-refractivity contribution is -0.139. The fraction of sp³-hybridized carbons (Fsp3) is 0.611. The van der Waals surface area contributed by atoms with Crippen LogP contribution < -0.4 is 4.74 Å². The zero-order chi connectivity index (χ0) is 18.4. The van der Waals surface area contributed by atoms with Crippen molar-refractivity contribution in [1.29, 1.82) is 0 Å². The Hall–Kier alpha value is -1.60. The Labute approximate surface area is 149 Å². The summed E-state index contributed by atoms with van der Waals surface area (Å²) in [5.74, 6) is 0.726. The Morgan fingerprint density at radius 3 is 2.64 bits per heavy atom. The monoisotopic (exact) mass is 366 g/mol. The molecule has 3 rings (SSSR count). The first kappa shape index (κ1) is 18.2. The van der Waals surface area contributed by atoms with Crippen LogP contribution in [0.1, 0.15) is 45.1 Å². The lowest BCUT2D eigenvalue weighted by Gasteiger charge is -2.40. The molecule has 0 saturated carbocycles. The summed E-state index contributed by atoms with van der Waals surface area (Å²) in [7, 11) is -2.15. The summed E-state index contributed by atoms with van der Waals surface area (Å²) in [4.78, 5) is 14.6. The Morgan fingerprint density at radius 1 is 1.28 bits per heavy atom. The van der Waals surface area contributed by atoms with Crippen molar-refractivity contribution in [1.82, 2.24) is 9.21 Å². The third-order valence-corrected chi connectivity index (χ3v) is 7.20. The van der Waals surface area contributed by atoms with E-state index in [2.05, 4.69) is 0 Å². The number of hydrogen-bond acceptors (Lipinski definition) is 4. The summed E-state index contributed by atoms with van der Waals surface area (Å²) in [5, 5.41) is 0. The lowest BCUT2D eigenvalue weighted by atomic mass is 10.0. The molecule has 6 nitrogen and oxygen atoms in total. The Kier molecular flexibility index (Phi) is 4.81. The summed E-state index contributed by atoms with van der Waals surface area (Å²) in [6, 6.07) is 4.28. The lowest BCUT2D eigenvalue weighted by Crippen LogP contribution is -2.59. The Bertz CT molecular complexity index is 775. The van der Waals surface area contributed by atoms with Crippen LogP contribution in [-0.4, -0.2) is 55.8 Å². The second-order valence-corrected chi connectivity index (χ2v) is 9.03. The van der Waals surface area contributed by atoms with E-state index in [9.17, 15) is 13.2 Å². The van der Waals surface area contributed by atoms with E-state index in [1.165, 1.54) is 4.31 Å². The number of carbonyl (C=O) groups excluding carboxylic acids is 1. The van der Waals surface area contributed by atoms with Gasteiger partial charge in [0.05, 0.1) is 12.0 Å². The van der Waals surface area contributed by atoms with Crippen molar-refractivity contribution in [2.45, 2.75) is 56.5 Å². The van der Waals surface area contributed by atoms with Crippen LogP contribution in [0.5, 0.6) is 5.75 Å². The highest BCUT2D eigenvalue weighted by Gasteiger charge is 2.45. The van der Waals surface area contributed by atoms with Gasteiger partial charge in [-0.25, -0.2) is 8.42 Å². The molecule has 25 heavy (non-hydrogen) atoms. The molecule has 2 aliphatic rings. The number of fused-ring (bicyclic) bond motifs is 1. The maximum absolute atomic E-state index is 13.2. The molecule has 7 heteroatoms. The van der Waals surface area contributed by atoms with E-state index >= 15 is 0 Å². The second-order valence-electron chi connectivity index (χ2n) is 7.14. The molecule has 2 aliphatic heterocycles. The first-order chi connectivity index (χ1) is 11.8. The zero-order valence-electron chi connectivity index (χ0n) is 15.2. The minimum atomic E-state index is -3.73. The predicted octanol–water partition coefficient (Wildman–Crippen LogP) is 2.20. The van der Waals surface area contributed by atoms with E-state index in [1.54, 1.807) is 32.2 Å². The third-order valence-electron chi connectivity index (χ3n) is 5.27. The predicted molar refractivity (Wildman–Crippen MR) is 95.2 cm³/mol. The molecule has 2 atom stereocenters. The molecule has 138 valence electrons. The van der Waals surface area contributed by atoms with Crippen molar-refractivity contribution in [2.75, 3.05) is 20.2 Å². The maximum Gasteiger partial charge on any atom is 0.243 e. The average Bonchev–Trinajstić information content (AvgIpc) is 3.06. The van der Waals surface area contributed by atoms with Gasteiger partial charge in [-0.1, -0.05) is 13.8 Å². The summed E-state index contributed by atoms with van der Waals surface area (Å²) < 4.78 is 33.2. The standard InChI is InChI=1S/C18H26N2O4S/c1-12(2)16-10-15(7-8-17(16)24-4)25(22,23)20-11-14-6-5-9-19(14)18(21)13(20)3/h7-8,10,12-14H,5-6,9,11H2,1-4H3/t13-,14-/m0/s1. The van der Waals surface area contributed by atoms with Gasteiger partial charge in [-0.15, -0.1) is 0 Å². The van der Waals surface area contributed by atoms with Gasteiger partial charge < -0.3 is 9.64 Å². The van der Waals surface area contributed by atoms with Crippen LogP contribution in [-0.2, 0) is 14.8 Å². The number of hydrogen-bond donors (Lipinski definition) is 0. The van der Waals surface area contributed by atoms with Crippen molar-refractivity contribution in [3.63, 3.8) is 0 Å². The molecule has 0 aromatic heterocycles. The first-order valence-electron chi connectivity index (χ1n) is 8.77. The van der Waals surface area contributed by atoms with Crippen LogP contribution in [0, 0.1) is 0 Å². The molecule has 2 heterocycles. The van der Waals surface area contributed by atoms with Gasteiger partial charge in [0.15, 0.2) is 0 Å². The molecule has 0 radical (unpaired) electrons. The Balaban J connectivity index is 1.98. The van der Waals surface area contributed by atoms with E-state index in [0.717, 1.165) is 24.9 Å². The van der Waals surface area contributed by atoms with Gasteiger partial charge >= 0.3 is 0 Å². The fourth-order valence-electron chi connectivity index (χ4n) is 3.81. The number of nitrogens with zero attached hydrogens (tertiary/aromatic N) is 2. The van der Waals surface area contributed by atoms with Crippen molar-refractivity contribution in [3.05, 3.63) is 23.8 Å². The molecule has 2 saturated heterocycles. The summed E-state index contributed by atoms with van der Waals surface area (Å²) in [6.07, 6.45) is 1.81. The average molecular weight is 366 g/mol. The molecule has 0 bridgehead atoms. The quantitative estimate of drug-likeness (QED) is 0.819. The van der Waals surface area contributed by atoms with Gasteiger partial charge in [0.2, 0.25) is 15.9 Å². The second kappa shape index (κ2) is 6.61. The number of sulfonamides is 1. The molecule has 1 aromatic carbocycles. The van der Waals surface area contributed by atoms with E-state index < -0.39 is 16.1 Å². The summed E-state index contributed by atoms with van der Waals surface area (Å²) >= 11 is 0. The van der Waals surface area contributed by atoms with Crippen molar-refractivity contribution in [2.24, 2.45) is 0 Å². The van der Waals surface area contributed by atoms with Crippen LogP contribution in [0.15, 0.2) is 23.1 Å². The fourth-order valence-corrected chi connectivity index (χ4v) is 5.47. The van der Waals surface area contributed by atoms with Crippen LogP contribution in [0.4, 0.5) is 0 Å². The largest absolute Gasteiger partial charge is 0.496 e. The molecule has 1 aromatic rings. The summed E-state index contributed by atoms with van der Waals surface area (Å²) in [5.41, 5.74) is 0.849. The normalized spacial score (nSPS) is 24.7. The molecule has 1 amide bonds. The SMILES string of the molecule is COc1ccc(S(=O)(=O)N2C[C@@H]3CCCN3C(=O)[C@@H]2C)cc1C(C)C. The van der Waals surface area contributed by atoms with E-state index in [0.29, 0.717) is 12.3 Å². The molecular weight excluding hydrogens is 340 g/mol. The van der Waals surface area contributed by atoms with E-state index in [-0.39, 0.29) is 22.8 Å². The van der Waals surface area contributed by atoms with Crippen LogP contribution >= 0.6 is 0 Å². The number of rotatable bonds is 4. The minimum absolute atomic E-state index is 0.00120. The van der Waals surface area contributed by atoms with E-state index in [4.69, 9.17) is 4.74 Å². The number of piperazine rings is 1. The molecule has 0 N–H and O–H groups in total. The highest BCUT2D eigenvalue weighted by molar-refractivity contribution is 7.89. The van der Waals surface area contributed by atoms with Crippen molar-refractivity contribution < 1.29 is 17.9 Å². The topological polar surface area (TPSA) is 66.9 Å². The first-order valence-corrected chi connectivity index (χ1v) is 10.2. The Morgan fingerprint density at radius 2 is 2.00 bits per heavy atom.